The molecule has 0 saturated heterocycles. The van der Waals surface area contributed by atoms with Crippen LogP contribution in [0.2, 0.25) is 0 Å². The highest BCUT2D eigenvalue weighted by Crippen LogP contribution is 2.31. The van der Waals surface area contributed by atoms with Crippen LogP contribution in [0.5, 0.6) is 0 Å². The third kappa shape index (κ3) is 2.63. The van der Waals surface area contributed by atoms with Crippen LogP contribution in [0.3, 0.4) is 0 Å². The van der Waals surface area contributed by atoms with Crippen LogP contribution in [0.4, 0.5) is 5.69 Å². The number of fused-ring (bicyclic) bond motifs is 1. The summed E-state index contributed by atoms with van der Waals surface area (Å²) in [6.45, 7) is 3.33. The molecule has 2 aromatic rings. The molecule has 2 heterocycles. The highest BCUT2D eigenvalue weighted by molar-refractivity contribution is 7.09. The summed E-state index contributed by atoms with van der Waals surface area (Å²) in [5, 5.41) is 3.25. The maximum absolute atomic E-state index is 5.79. The van der Waals surface area contributed by atoms with E-state index >= 15 is 0 Å². The Kier molecular flexibility index (Phi) is 3.76. The van der Waals surface area contributed by atoms with Crippen molar-refractivity contribution in [2.24, 2.45) is 0 Å². The molecule has 1 aromatic heterocycles. The lowest BCUT2D eigenvalue weighted by molar-refractivity contribution is 0.668. The largest absolute Gasteiger partial charge is 0.368 e. The second-order valence-corrected chi connectivity index (χ2v) is 6.20. The molecule has 1 unspecified atom stereocenters. The van der Waals surface area contributed by atoms with Crippen molar-refractivity contribution in [3.63, 3.8) is 0 Å². The van der Waals surface area contributed by atoms with Gasteiger partial charge in [-0.15, -0.1) is 22.9 Å². The summed E-state index contributed by atoms with van der Waals surface area (Å²) in [4.78, 5) is 7.03. The molecular formula is C15H17ClN2S. The maximum Gasteiger partial charge on any atom is 0.0946 e. The topological polar surface area (TPSA) is 16.1 Å². The maximum atomic E-state index is 5.79. The number of aromatic nitrogens is 1. The van der Waals surface area contributed by atoms with Crippen LogP contribution < -0.4 is 4.90 Å². The minimum atomic E-state index is 0.513. The van der Waals surface area contributed by atoms with Gasteiger partial charge in [0, 0.05) is 30.1 Å². The molecule has 1 aromatic carbocycles. The molecule has 100 valence electrons. The van der Waals surface area contributed by atoms with Crippen LogP contribution in [-0.2, 0) is 18.7 Å². The van der Waals surface area contributed by atoms with Gasteiger partial charge in [0.1, 0.15) is 0 Å². The molecule has 1 aliphatic rings. The number of alkyl halides is 1. The molecule has 0 radical (unpaired) electrons. The van der Waals surface area contributed by atoms with E-state index in [2.05, 4.69) is 46.5 Å². The molecule has 19 heavy (non-hydrogen) atoms. The number of hydrogen-bond acceptors (Lipinski definition) is 3. The van der Waals surface area contributed by atoms with Crippen molar-refractivity contribution in [3.05, 3.63) is 45.9 Å². The number of thiazole rings is 1. The summed E-state index contributed by atoms with van der Waals surface area (Å²) in [5.41, 5.74) is 3.86. The van der Waals surface area contributed by atoms with E-state index in [-0.39, 0.29) is 0 Å². The van der Waals surface area contributed by atoms with Gasteiger partial charge >= 0.3 is 0 Å². The van der Waals surface area contributed by atoms with E-state index in [0.717, 1.165) is 25.1 Å². The van der Waals surface area contributed by atoms with Gasteiger partial charge in [-0.25, -0.2) is 4.98 Å². The highest BCUT2D eigenvalue weighted by atomic mass is 35.5. The molecule has 1 atom stereocenters. The summed E-state index contributed by atoms with van der Waals surface area (Å²) in [7, 11) is 0. The second kappa shape index (κ2) is 5.51. The molecule has 1 aliphatic heterocycles. The summed E-state index contributed by atoms with van der Waals surface area (Å²) in [5.74, 6) is 0.513. The fraction of sp³-hybridized carbons (Fsp3) is 0.400. The van der Waals surface area contributed by atoms with Gasteiger partial charge < -0.3 is 4.90 Å². The minimum Gasteiger partial charge on any atom is -0.368 e. The molecule has 0 amide bonds. The van der Waals surface area contributed by atoms with Gasteiger partial charge in [0.25, 0.3) is 0 Å². The smallest absolute Gasteiger partial charge is 0.0946 e. The van der Waals surface area contributed by atoms with Gasteiger partial charge in [-0.3, -0.25) is 0 Å². The number of hydrogen-bond donors (Lipinski definition) is 0. The summed E-state index contributed by atoms with van der Waals surface area (Å²) in [6.07, 6.45) is 2.15. The lowest BCUT2D eigenvalue weighted by Crippen LogP contribution is -2.31. The van der Waals surface area contributed by atoms with Gasteiger partial charge in [-0.1, -0.05) is 18.2 Å². The molecular weight excluding hydrogens is 276 g/mol. The first-order chi connectivity index (χ1) is 9.28. The second-order valence-electron chi connectivity index (χ2n) is 4.99. The Labute approximate surface area is 123 Å². The molecule has 2 nitrogen and oxygen atoms in total. The van der Waals surface area contributed by atoms with Crippen molar-refractivity contribution in [1.29, 1.82) is 0 Å². The fourth-order valence-corrected chi connectivity index (χ4v) is 3.73. The Morgan fingerprint density at radius 3 is 3.05 bits per heavy atom. The number of benzene rings is 1. The number of anilines is 1. The van der Waals surface area contributed by atoms with E-state index in [0.29, 0.717) is 11.9 Å². The summed E-state index contributed by atoms with van der Waals surface area (Å²) < 4.78 is 0. The van der Waals surface area contributed by atoms with Crippen molar-refractivity contribution in [2.75, 3.05) is 11.4 Å². The SMILES string of the molecule is CC1Cc2ccccc2N1CCc1nc(CCl)cs1. The molecule has 0 aliphatic carbocycles. The van der Waals surface area contributed by atoms with Crippen LogP contribution in [0.1, 0.15) is 23.2 Å². The van der Waals surface area contributed by atoms with Gasteiger partial charge in [-0.05, 0) is 25.0 Å². The molecule has 3 rings (SSSR count). The first-order valence-electron chi connectivity index (χ1n) is 6.61. The van der Waals surface area contributed by atoms with Gasteiger partial charge in [0.05, 0.1) is 16.6 Å². The normalized spacial score (nSPS) is 17.8. The minimum absolute atomic E-state index is 0.513. The van der Waals surface area contributed by atoms with Crippen LogP contribution in [0.25, 0.3) is 0 Å². The zero-order valence-electron chi connectivity index (χ0n) is 11.0. The van der Waals surface area contributed by atoms with Crippen molar-refractivity contribution in [2.45, 2.75) is 31.7 Å². The molecule has 0 saturated carbocycles. The van der Waals surface area contributed by atoms with E-state index in [1.807, 2.05) is 0 Å². The molecule has 0 N–H and O–H groups in total. The zero-order chi connectivity index (χ0) is 13.2. The molecule has 4 heteroatoms. The average molecular weight is 293 g/mol. The molecule has 0 bridgehead atoms. The van der Waals surface area contributed by atoms with E-state index in [1.165, 1.54) is 16.3 Å². The quantitative estimate of drug-likeness (QED) is 0.795. The Morgan fingerprint density at radius 1 is 1.42 bits per heavy atom. The van der Waals surface area contributed by atoms with Crippen molar-refractivity contribution < 1.29 is 0 Å². The Morgan fingerprint density at radius 2 is 2.26 bits per heavy atom. The van der Waals surface area contributed by atoms with Crippen molar-refractivity contribution in [1.82, 2.24) is 4.98 Å². The lowest BCUT2D eigenvalue weighted by atomic mass is 10.1. The monoisotopic (exact) mass is 292 g/mol. The number of halogens is 1. The van der Waals surface area contributed by atoms with E-state index in [4.69, 9.17) is 11.6 Å². The summed E-state index contributed by atoms with van der Waals surface area (Å²) >= 11 is 7.51. The van der Waals surface area contributed by atoms with Crippen LogP contribution in [0.15, 0.2) is 29.6 Å². The van der Waals surface area contributed by atoms with Gasteiger partial charge in [0.15, 0.2) is 0 Å². The first-order valence-corrected chi connectivity index (χ1v) is 8.03. The molecule has 0 fully saturated rings. The number of para-hydroxylation sites is 1. The fourth-order valence-electron chi connectivity index (χ4n) is 2.71. The zero-order valence-corrected chi connectivity index (χ0v) is 12.5. The van der Waals surface area contributed by atoms with Crippen LogP contribution in [-0.4, -0.2) is 17.6 Å². The standard InChI is InChI=1S/C15H17ClN2S/c1-11-8-12-4-2-3-5-14(12)18(11)7-6-15-17-13(9-16)10-19-15/h2-5,10-11H,6-9H2,1H3. The number of nitrogens with zero attached hydrogens (tertiary/aromatic N) is 2. The average Bonchev–Trinajstić information content (AvgIpc) is 3.00. The van der Waals surface area contributed by atoms with Crippen LogP contribution in [0, 0.1) is 0 Å². The Balaban J connectivity index is 1.70. The van der Waals surface area contributed by atoms with E-state index < -0.39 is 0 Å². The Hall–Kier alpha value is -1.06. The predicted octanol–water partition coefficient (Wildman–Crippen LogP) is 3.88. The summed E-state index contributed by atoms with van der Waals surface area (Å²) in [6, 6.07) is 9.30. The van der Waals surface area contributed by atoms with E-state index in [1.54, 1.807) is 11.3 Å². The number of rotatable bonds is 4. The van der Waals surface area contributed by atoms with Crippen molar-refractivity contribution in [3.8, 4) is 0 Å². The third-order valence-electron chi connectivity index (χ3n) is 3.65. The van der Waals surface area contributed by atoms with Gasteiger partial charge in [0.2, 0.25) is 0 Å². The highest BCUT2D eigenvalue weighted by Gasteiger charge is 2.25. The van der Waals surface area contributed by atoms with E-state index in [9.17, 15) is 0 Å². The van der Waals surface area contributed by atoms with Gasteiger partial charge in [-0.2, -0.15) is 0 Å². The predicted molar refractivity (Wildman–Crippen MR) is 82.3 cm³/mol. The first kappa shape index (κ1) is 12.9. The van der Waals surface area contributed by atoms with Crippen LogP contribution >= 0.6 is 22.9 Å². The third-order valence-corrected chi connectivity index (χ3v) is 4.88. The lowest BCUT2D eigenvalue weighted by Gasteiger charge is -2.24. The molecule has 0 spiro atoms. The Bertz CT molecular complexity index is 567. The van der Waals surface area contributed by atoms with Crippen molar-refractivity contribution >= 4 is 28.6 Å².